The molecule has 3 heterocycles. The van der Waals surface area contributed by atoms with Gasteiger partial charge in [0.1, 0.15) is 23.1 Å². The number of methoxy groups -OCH3 is 1. The molecule has 3 aromatic carbocycles. The zero-order chi connectivity index (χ0) is 29.6. The second-order valence-electron chi connectivity index (χ2n) is 10.4. The number of nitrogens with zero attached hydrogens (tertiary/aromatic N) is 4. The lowest BCUT2D eigenvalue weighted by Gasteiger charge is -2.20. The molecule has 0 spiro atoms. The molecule has 0 unspecified atom stereocenters. The van der Waals surface area contributed by atoms with Crippen LogP contribution in [0.4, 0.5) is 5.82 Å². The van der Waals surface area contributed by atoms with Crippen LogP contribution in [-0.4, -0.2) is 37.7 Å². The van der Waals surface area contributed by atoms with Crippen LogP contribution in [0.15, 0.2) is 103 Å². The van der Waals surface area contributed by atoms with E-state index >= 15 is 0 Å². The Bertz CT molecular complexity index is 1830. The van der Waals surface area contributed by atoms with E-state index in [1.165, 1.54) is 5.56 Å². The molecule has 6 rings (SSSR count). The largest absolute Gasteiger partial charge is 0.497 e. The second-order valence-corrected chi connectivity index (χ2v) is 10.4. The number of pyridine rings is 1. The van der Waals surface area contributed by atoms with Crippen molar-refractivity contribution < 1.29 is 9.53 Å². The van der Waals surface area contributed by atoms with Gasteiger partial charge in [-0.1, -0.05) is 66.7 Å². The highest BCUT2D eigenvalue weighted by molar-refractivity contribution is 5.93. The molecule has 9 nitrogen and oxygen atoms in total. The summed E-state index contributed by atoms with van der Waals surface area (Å²) in [6.07, 6.45) is 3.99. The molecule has 0 bridgehead atoms. The van der Waals surface area contributed by atoms with E-state index in [4.69, 9.17) is 15.6 Å². The van der Waals surface area contributed by atoms with Crippen LogP contribution < -0.4 is 15.8 Å². The monoisotopic (exact) mass is 571 g/mol. The Morgan fingerprint density at radius 1 is 0.907 bits per heavy atom. The number of carbonyl (C=O) groups excluding carboxylic acids is 1. The number of hydrogen-bond donors (Lipinski definition) is 3. The van der Waals surface area contributed by atoms with Crippen molar-refractivity contribution in [1.29, 1.82) is 0 Å². The maximum absolute atomic E-state index is 13.5. The van der Waals surface area contributed by atoms with Gasteiger partial charge in [-0.05, 0) is 53.4 Å². The van der Waals surface area contributed by atoms with Gasteiger partial charge in [-0.2, -0.15) is 0 Å². The summed E-state index contributed by atoms with van der Waals surface area (Å²) in [4.78, 5) is 21.1. The number of hydrogen-bond acceptors (Lipinski definition) is 6. The normalized spacial score (nSPS) is 11.8. The predicted octanol–water partition coefficient (Wildman–Crippen LogP) is 5.29. The molecular formula is C34H33N7O2. The standard InChI is InChI=1S/C34H33N7O2/c1-43-26-17-14-24(15-18-26)22-41-32(19-16-23-8-3-2-4-9-23)39-40-33(41)30(38-34(42)29-12-7-13-31(35)37-29)20-25-21-36-28-11-6-5-10-27(25)28/h2-15,17-18,21,30,36H,16,19-20,22H2,1H3,(H2,35,37)(H,38,42)/t30-/m1/s1. The Kier molecular flexibility index (Phi) is 8.13. The minimum absolute atomic E-state index is 0.245. The highest BCUT2D eigenvalue weighted by atomic mass is 16.5. The van der Waals surface area contributed by atoms with Crippen LogP contribution in [0.5, 0.6) is 5.75 Å². The van der Waals surface area contributed by atoms with Crippen molar-refractivity contribution in [2.24, 2.45) is 0 Å². The van der Waals surface area contributed by atoms with Crippen molar-refractivity contribution in [1.82, 2.24) is 30.0 Å². The Morgan fingerprint density at radius 3 is 2.49 bits per heavy atom. The zero-order valence-corrected chi connectivity index (χ0v) is 23.9. The first-order chi connectivity index (χ1) is 21.1. The molecule has 1 amide bonds. The molecule has 43 heavy (non-hydrogen) atoms. The maximum Gasteiger partial charge on any atom is 0.270 e. The van der Waals surface area contributed by atoms with Crippen molar-refractivity contribution in [2.75, 3.05) is 12.8 Å². The fourth-order valence-electron chi connectivity index (χ4n) is 5.32. The van der Waals surface area contributed by atoms with E-state index in [2.05, 4.69) is 43.1 Å². The van der Waals surface area contributed by atoms with E-state index in [9.17, 15) is 4.79 Å². The van der Waals surface area contributed by atoms with Gasteiger partial charge in [-0.15, -0.1) is 10.2 Å². The van der Waals surface area contributed by atoms with Gasteiger partial charge in [0.25, 0.3) is 5.91 Å². The first-order valence-electron chi connectivity index (χ1n) is 14.2. The van der Waals surface area contributed by atoms with Gasteiger partial charge in [-0.3, -0.25) is 4.79 Å². The van der Waals surface area contributed by atoms with Gasteiger partial charge < -0.3 is 25.3 Å². The van der Waals surface area contributed by atoms with Crippen LogP contribution in [0.3, 0.4) is 0 Å². The molecule has 0 saturated heterocycles. The number of amides is 1. The molecule has 9 heteroatoms. The number of carbonyl (C=O) groups is 1. The third-order valence-electron chi connectivity index (χ3n) is 7.56. The minimum Gasteiger partial charge on any atom is -0.497 e. The van der Waals surface area contributed by atoms with Crippen molar-refractivity contribution in [2.45, 2.75) is 31.8 Å². The Labute approximate surface area is 249 Å². The second kappa shape index (κ2) is 12.6. The fraction of sp³-hybridized carbons (Fsp3) is 0.176. The number of benzene rings is 3. The van der Waals surface area contributed by atoms with Crippen LogP contribution in [0.2, 0.25) is 0 Å². The molecule has 0 radical (unpaired) electrons. The summed E-state index contributed by atoms with van der Waals surface area (Å²) in [5.41, 5.74) is 10.5. The van der Waals surface area contributed by atoms with Gasteiger partial charge in [0.15, 0.2) is 5.82 Å². The highest BCUT2D eigenvalue weighted by Crippen LogP contribution is 2.26. The zero-order valence-electron chi connectivity index (χ0n) is 23.9. The molecule has 0 saturated carbocycles. The molecule has 0 aliphatic heterocycles. The number of fused-ring (bicyclic) bond motifs is 1. The number of aromatic amines is 1. The van der Waals surface area contributed by atoms with E-state index in [1.54, 1.807) is 25.3 Å². The lowest BCUT2D eigenvalue weighted by atomic mass is 10.0. The number of nitrogen functional groups attached to an aromatic ring is 1. The lowest BCUT2D eigenvalue weighted by molar-refractivity contribution is 0.0929. The van der Waals surface area contributed by atoms with Crippen molar-refractivity contribution >= 4 is 22.6 Å². The molecule has 3 aromatic heterocycles. The van der Waals surface area contributed by atoms with E-state index in [0.717, 1.165) is 40.0 Å². The fourth-order valence-corrected chi connectivity index (χ4v) is 5.32. The summed E-state index contributed by atoms with van der Waals surface area (Å²) in [5.74, 6) is 2.25. The molecule has 6 aromatic rings. The van der Waals surface area contributed by atoms with Crippen LogP contribution in [0, 0.1) is 0 Å². The summed E-state index contributed by atoms with van der Waals surface area (Å²) in [7, 11) is 1.65. The van der Waals surface area contributed by atoms with Crippen LogP contribution in [-0.2, 0) is 25.8 Å². The lowest BCUT2D eigenvalue weighted by Crippen LogP contribution is -2.33. The molecular weight excluding hydrogens is 538 g/mol. The van der Waals surface area contributed by atoms with Gasteiger partial charge in [0.05, 0.1) is 19.7 Å². The number of ether oxygens (including phenoxy) is 1. The van der Waals surface area contributed by atoms with E-state index in [0.29, 0.717) is 25.2 Å². The van der Waals surface area contributed by atoms with Gasteiger partial charge in [0.2, 0.25) is 0 Å². The quantitative estimate of drug-likeness (QED) is 0.194. The van der Waals surface area contributed by atoms with E-state index in [-0.39, 0.29) is 17.4 Å². The average Bonchev–Trinajstić information content (AvgIpc) is 3.64. The highest BCUT2D eigenvalue weighted by Gasteiger charge is 2.26. The molecule has 0 aliphatic carbocycles. The Morgan fingerprint density at radius 2 is 1.70 bits per heavy atom. The third-order valence-corrected chi connectivity index (χ3v) is 7.56. The topological polar surface area (TPSA) is 124 Å². The number of anilines is 1. The predicted molar refractivity (Wildman–Crippen MR) is 167 cm³/mol. The molecule has 0 aliphatic rings. The van der Waals surface area contributed by atoms with Gasteiger partial charge in [0, 0.05) is 29.9 Å². The molecule has 4 N–H and O–H groups in total. The smallest absolute Gasteiger partial charge is 0.270 e. The van der Waals surface area contributed by atoms with E-state index < -0.39 is 6.04 Å². The van der Waals surface area contributed by atoms with E-state index in [1.807, 2.05) is 66.9 Å². The Balaban J connectivity index is 1.39. The van der Waals surface area contributed by atoms with Crippen molar-refractivity contribution in [3.8, 4) is 5.75 Å². The number of aromatic nitrogens is 5. The number of rotatable bonds is 11. The third kappa shape index (κ3) is 6.41. The van der Waals surface area contributed by atoms with Gasteiger partial charge in [-0.25, -0.2) is 4.98 Å². The summed E-state index contributed by atoms with van der Waals surface area (Å²) in [6.45, 7) is 0.535. The first-order valence-corrected chi connectivity index (χ1v) is 14.2. The molecule has 0 fully saturated rings. The maximum atomic E-state index is 13.5. The number of para-hydroxylation sites is 1. The number of nitrogens with two attached hydrogens (primary N) is 1. The number of aryl methyl sites for hydroxylation is 2. The average molecular weight is 572 g/mol. The minimum atomic E-state index is -0.494. The number of nitrogens with one attached hydrogen (secondary N) is 2. The summed E-state index contributed by atoms with van der Waals surface area (Å²) in [5, 5.41) is 13.7. The Hall–Kier alpha value is -5.44. The van der Waals surface area contributed by atoms with Crippen LogP contribution in [0.25, 0.3) is 10.9 Å². The first kappa shape index (κ1) is 27.7. The van der Waals surface area contributed by atoms with Crippen LogP contribution in [0.1, 0.15) is 44.9 Å². The van der Waals surface area contributed by atoms with Crippen molar-refractivity contribution in [3.63, 3.8) is 0 Å². The summed E-state index contributed by atoms with van der Waals surface area (Å²) in [6, 6.07) is 31.0. The van der Waals surface area contributed by atoms with Crippen molar-refractivity contribution in [3.05, 3.63) is 137 Å². The van der Waals surface area contributed by atoms with Crippen LogP contribution >= 0.6 is 0 Å². The number of H-pyrrole nitrogens is 1. The molecule has 1 atom stereocenters. The van der Waals surface area contributed by atoms with Gasteiger partial charge >= 0.3 is 0 Å². The SMILES string of the molecule is COc1ccc(Cn2c(CCc3ccccc3)nnc2[C@@H](Cc2c[nH]c3ccccc23)NC(=O)c2cccc(N)n2)cc1. The molecule has 216 valence electrons. The summed E-state index contributed by atoms with van der Waals surface area (Å²) >= 11 is 0. The summed E-state index contributed by atoms with van der Waals surface area (Å²) < 4.78 is 7.49.